The van der Waals surface area contributed by atoms with Crippen molar-refractivity contribution in [2.75, 3.05) is 45.9 Å². The molecule has 0 radical (unpaired) electrons. The van der Waals surface area contributed by atoms with Crippen molar-refractivity contribution in [2.24, 2.45) is 11.7 Å². The van der Waals surface area contributed by atoms with Crippen LogP contribution in [0.3, 0.4) is 0 Å². The van der Waals surface area contributed by atoms with Gasteiger partial charge in [0.2, 0.25) is 0 Å². The van der Waals surface area contributed by atoms with Gasteiger partial charge in [-0.15, -0.1) is 0 Å². The number of ether oxygens (including phenoxy) is 1. The van der Waals surface area contributed by atoms with E-state index in [1.165, 1.54) is 52.0 Å². The Kier molecular flexibility index (Phi) is 3.66. The zero-order valence-electron chi connectivity index (χ0n) is 10.7. The summed E-state index contributed by atoms with van der Waals surface area (Å²) in [4.78, 5) is 5.19. The molecule has 4 nitrogen and oxygen atoms in total. The first-order chi connectivity index (χ1) is 8.33. The standard InChI is InChI=1S/C13H25N3O/c14-12(9-11-1-7-17-8-2-11)13-10-15-3-5-16(13)6-4-15/h11-13H,1-10,14H2. The van der Waals surface area contributed by atoms with E-state index in [0.29, 0.717) is 12.1 Å². The Balaban J connectivity index is 1.53. The van der Waals surface area contributed by atoms with Crippen LogP contribution in [-0.2, 0) is 4.74 Å². The first-order valence-corrected chi connectivity index (χ1v) is 7.12. The molecule has 0 aliphatic carbocycles. The largest absolute Gasteiger partial charge is 0.381 e. The molecule has 17 heavy (non-hydrogen) atoms. The van der Waals surface area contributed by atoms with Crippen molar-refractivity contribution >= 4 is 0 Å². The molecular formula is C13H25N3O. The molecule has 0 aromatic heterocycles. The summed E-state index contributed by atoms with van der Waals surface area (Å²) < 4.78 is 5.42. The van der Waals surface area contributed by atoms with Crippen LogP contribution in [0.2, 0.25) is 0 Å². The third-order valence-electron chi connectivity index (χ3n) is 4.76. The molecule has 0 spiro atoms. The maximum Gasteiger partial charge on any atom is 0.0468 e. The molecule has 4 aliphatic heterocycles. The quantitative estimate of drug-likeness (QED) is 0.760. The molecule has 0 aromatic rings. The van der Waals surface area contributed by atoms with E-state index in [4.69, 9.17) is 10.5 Å². The number of hydrogen-bond donors (Lipinski definition) is 1. The summed E-state index contributed by atoms with van der Waals surface area (Å²) in [6.45, 7) is 8.04. The van der Waals surface area contributed by atoms with Crippen LogP contribution in [0.1, 0.15) is 19.3 Å². The average molecular weight is 239 g/mol. The summed E-state index contributed by atoms with van der Waals surface area (Å²) >= 11 is 0. The number of rotatable bonds is 3. The smallest absolute Gasteiger partial charge is 0.0468 e. The summed E-state index contributed by atoms with van der Waals surface area (Å²) in [5.41, 5.74) is 6.46. The van der Waals surface area contributed by atoms with Gasteiger partial charge in [0.1, 0.15) is 0 Å². The molecule has 4 heteroatoms. The van der Waals surface area contributed by atoms with Gasteiger partial charge in [-0.3, -0.25) is 9.80 Å². The summed E-state index contributed by atoms with van der Waals surface area (Å²) in [5.74, 6) is 0.801. The zero-order valence-corrected chi connectivity index (χ0v) is 10.7. The Morgan fingerprint density at radius 3 is 2.41 bits per heavy atom. The number of hydrogen-bond acceptors (Lipinski definition) is 4. The van der Waals surface area contributed by atoms with Crippen LogP contribution in [0.5, 0.6) is 0 Å². The lowest BCUT2D eigenvalue weighted by Crippen LogP contribution is -2.65. The molecule has 98 valence electrons. The molecule has 4 heterocycles. The summed E-state index contributed by atoms with van der Waals surface area (Å²) in [6, 6.07) is 0.974. The molecule has 4 rings (SSSR count). The van der Waals surface area contributed by atoms with Gasteiger partial charge in [0, 0.05) is 58.0 Å². The van der Waals surface area contributed by atoms with Crippen molar-refractivity contribution < 1.29 is 4.74 Å². The first kappa shape index (κ1) is 11.9. The van der Waals surface area contributed by atoms with Gasteiger partial charge in [-0.2, -0.15) is 0 Å². The van der Waals surface area contributed by atoms with Crippen LogP contribution in [0, 0.1) is 5.92 Å². The molecule has 2 unspecified atom stereocenters. The third kappa shape index (κ3) is 2.65. The highest BCUT2D eigenvalue weighted by atomic mass is 16.5. The van der Waals surface area contributed by atoms with E-state index in [0.717, 1.165) is 19.1 Å². The molecule has 4 saturated heterocycles. The minimum atomic E-state index is 0.362. The lowest BCUT2D eigenvalue weighted by Gasteiger charge is -2.50. The Morgan fingerprint density at radius 2 is 1.82 bits per heavy atom. The van der Waals surface area contributed by atoms with E-state index < -0.39 is 0 Å². The number of nitrogens with two attached hydrogens (primary N) is 1. The highest BCUT2D eigenvalue weighted by Gasteiger charge is 2.36. The first-order valence-electron chi connectivity index (χ1n) is 7.12. The van der Waals surface area contributed by atoms with E-state index in [-0.39, 0.29) is 0 Å². The monoisotopic (exact) mass is 239 g/mol. The van der Waals surface area contributed by atoms with E-state index in [1.807, 2.05) is 0 Å². The fraction of sp³-hybridized carbons (Fsp3) is 1.00. The molecule has 2 atom stereocenters. The molecule has 0 saturated carbocycles. The SMILES string of the molecule is NC(CC1CCOCC1)C1CN2CCN1CC2. The van der Waals surface area contributed by atoms with E-state index in [2.05, 4.69) is 9.80 Å². The maximum atomic E-state index is 6.46. The van der Waals surface area contributed by atoms with Crippen molar-refractivity contribution in [3.8, 4) is 0 Å². The van der Waals surface area contributed by atoms with Crippen molar-refractivity contribution in [1.82, 2.24) is 9.80 Å². The minimum absolute atomic E-state index is 0.362. The Bertz CT molecular complexity index is 247. The highest BCUT2D eigenvalue weighted by Crippen LogP contribution is 2.24. The average Bonchev–Trinajstić information content (AvgIpc) is 2.41. The lowest BCUT2D eigenvalue weighted by molar-refractivity contribution is -0.00551. The van der Waals surface area contributed by atoms with Gasteiger partial charge in [0.25, 0.3) is 0 Å². The maximum absolute atomic E-state index is 6.46. The van der Waals surface area contributed by atoms with Crippen molar-refractivity contribution in [1.29, 1.82) is 0 Å². The van der Waals surface area contributed by atoms with Crippen LogP contribution < -0.4 is 5.73 Å². The number of piperazine rings is 3. The Hall–Kier alpha value is -0.160. The second-order valence-electron chi connectivity index (χ2n) is 5.86. The van der Waals surface area contributed by atoms with Gasteiger partial charge in [0.15, 0.2) is 0 Å². The van der Waals surface area contributed by atoms with E-state index >= 15 is 0 Å². The van der Waals surface area contributed by atoms with Gasteiger partial charge < -0.3 is 10.5 Å². The molecular weight excluding hydrogens is 214 g/mol. The van der Waals surface area contributed by atoms with Gasteiger partial charge in [-0.25, -0.2) is 0 Å². The predicted molar refractivity (Wildman–Crippen MR) is 67.9 cm³/mol. The molecule has 0 aromatic carbocycles. The molecule has 2 bridgehead atoms. The van der Waals surface area contributed by atoms with Crippen molar-refractivity contribution in [3.63, 3.8) is 0 Å². The molecule has 4 fully saturated rings. The van der Waals surface area contributed by atoms with E-state index in [9.17, 15) is 0 Å². The van der Waals surface area contributed by atoms with Crippen LogP contribution in [0.25, 0.3) is 0 Å². The van der Waals surface area contributed by atoms with Crippen LogP contribution >= 0.6 is 0 Å². The molecule has 4 aliphatic rings. The predicted octanol–water partition coefficient (Wildman–Crippen LogP) is 0.130. The van der Waals surface area contributed by atoms with Gasteiger partial charge in [-0.1, -0.05) is 0 Å². The topological polar surface area (TPSA) is 41.7 Å². The fourth-order valence-corrected chi connectivity index (χ4v) is 3.59. The normalized spacial score (nSPS) is 40.4. The summed E-state index contributed by atoms with van der Waals surface area (Å²) in [7, 11) is 0. The number of fused-ring (bicyclic) bond motifs is 3. The second-order valence-corrected chi connectivity index (χ2v) is 5.86. The van der Waals surface area contributed by atoms with Crippen LogP contribution in [-0.4, -0.2) is 67.8 Å². The fourth-order valence-electron chi connectivity index (χ4n) is 3.59. The highest BCUT2D eigenvalue weighted by molar-refractivity contribution is 4.94. The van der Waals surface area contributed by atoms with E-state index in [1.54, 1.807) is 0 Å². The van der Waals surface area contributed by atoms with Crippen LogP contribution in [0.4, 0.5) is 0 Å². The summed E-state index contributed by atoms with van der Waals surface area (Å²) in [6.07, 6.45) is 3.62. The van der Waals surface area contributed by atoms with Crippen LogP contribution in [0.15, 0.2) is 0 Å². The second kappa shape index (κ2) is 5.22. The minimum Gasteiger partial charge on any atom is -0.381 e. The number of nitrogens with zero attached hydrogens (tertiary/aromatic N) is 2. The van der Waals surface area contributed by atoms with Gasteiger partial charge in [0.05, 0.1) is 0 Å². The van der Waals surface area contributed by atoms with Crippen molar-refractivity contribution in [2.45, 2.75) is 31.3 Å². The van der Waals surface area contributed by atoms with Crippen molar-refractivity contribution in [3.05, 3.63) is 0 Å². The Morgan fingerprint density at radius 1 is 1.12 bits per heavy atom. The Labute approximate surface area is 104 Å². The third-order valence-corrected chi connectivity index (χ3v) is 4.76. The van der Waals surface area contributed by atoms with Gasteiger partial charge in [-0.05, 0) is 25.2 Å². The zero-order chi connectivity index (χ0) is 11.7. The summed E-state index contributed by atoms with van der Waals surface area (Å²) in [5, 5.41) is 0. The lowest BCUT2D eigenvalue weighted by atomic mass is 9.88. The molecule has 2 N–H and O–H groups in total. The van der Waals surface area contributed by atoms with Gasteiger partial charge >= 0.3 is 0 Å². The molecule has 0 amide bonds.